The summed E-state index contributed by atoms with van der Waals surface area (Å²) in [6.45, 7) is 0. The molecule has 0 amide bonds. The monoisotopic (exact) mass is 335 g/mol. The first-order valence-corrected chi connectivity index (χ1v) is 6.90. The first kappa shape index (κ1) is 14.4. The third kappa shape index (κ3) is 3.09. The van der Waals surface area contributed by atoms with E-state index in [1.165, 1.54) is 19.2 Å². The third-order valence-electron chi connectivity index (χ3n) is 2.68. The lowest BCUT2D eigenvalue weighted by Crippen LogP contribution is -1.94. The molecule has 3 nitrogen and oxygen atoms in total. The van der Waals surface area contributed by atoms with E-state index in [0.29, 0.717) is 33.7 Å². The molecule has 0 fully saturated rings. The van der Waals surface area contributed by atoms with Gasteiger partial charge < -0.3 is 9.47 Å². The Kier molecular flexibility index (Phi) is 4.59. The molecule has 20 heavy (non-hydrogen) atoms. The number of rotatable bonds is 4. The van der Waals surface area contributed by atoms with Gasteiger partial charge >= 0.3 is 0 Å². The van der Waals surface area contributed by atoms with E-state index in [9.17, 15) is 4.39 Å². The van der Waals surface area contributed by atoms with E-state index < -0.39 is 0 Å². The smallest absolute Gasteiger partial charge is 0.169 e. The van der Waals surface area contributed by atoms with E-state index >= 15 is 0 Å². The highest BCUT2D eigenvalue weighted by atomic mass is 79.9. The molecule has 0 atom stereocenters. The van der Waals surface area contributed by atoms with Gasteiger partial charge in [0.25, 0.3) is 0 Å². The number of methoxy groups -OCH3 is 1. The fourth-order valence-corrected chi connectivity index (χ4v) is 2.13. The molecule has 102 valence electrons. The van der Waals surface area contributed by atoms with E-state index in [4.69, 9.17) is 14.7 Å². The minimum Gasteiger partial charge on any atom is -0.493 e. The summed E-state index contributed by atoms with van der Waals surface area (Å²) in [5.74, 6) is 1.14. The molecule has 0 aliphatic carbocycles. The van der Waals surface area contributed by atoms with Crippen molar-refractivity contribution in [3.8, 4) is 23.3 Å². The Labute approximate surface area is 124 Å². The number of nitrogens with zero attached hydrogens (tertiary/aromatic N) is 1. The maximum Gasteiger partial charge on any atom is 0.169 e. The summed E-state index contributed by atoms with van der Waals surface area (Å²) in [6.07, 6.45) is 0. The first-order chi connectivity index (χ1) is 9.67. The molecule has 0 N–H and O–H groups in total. The SMILES string of the molecule is COc1cc(C#N)ccc1Oc1ccc(F)cc1CBr. The van der Waals surface area contributed by atoms with Gasteiger partial charge in [-0.25, -0.2) is 4.39 Å². The molecule has 0 radical (unpaired) electrons. The van der Waals surface area contributed by atoms with Crippen molar-refractivity contribution in [1.29, 1.82) is 5.26 Å². The second-order valence-corrected chi connectivity index (χ2v) is 4.53. The van der Waals surface area contributed by atoms with Crippen LogP contribution in [0.4, 0.5) is 4.39 Å². The quantitative estimate of drug-likeness (QED) is 0.778. The predicted molar refractivity (Wildman–Crippen MR) is 76.8 cm³/mol. The van der Waals surface area contributed by atoms with Gasteiger partial charge in [0.2, 0.25) is 0 Å². The van der Waals surface area contributed by atoms with Gasteiger partial charge in [0.05, 0.1) is 18.7 Å². The number of ether oxygens (including phenoxy) is 2. The first-order valence-electron chi connectivity index (χ1n) is 5.78. The van der Waals surface area contributed by atoms with Crippen LogP contribution in [-0.2, 0) is 5.33 Å². The van der Waals surface area contributed by atoms with Crippen LogP contribution in [0.25, 0.3) is 0 Å². The molecular formula is C15H11BrFNO2. The van der Waals surface area contributed by atoms with Crippen molar-refractivity contribution in [2.75, 3.05) is 7.11 Å². The second kappa shape index (κ2) is 6.40. The molecule has 0 spiro atoms. The van der Waals surface area contributed by atoms with Gasteiger partial charge in [-0.05, 0) is 30.3 Å². The Morgan fingerprint density at radius 3 is 2.55 bits per heavy atom. The fourth-order valence-electron chi connectivity index (χ4n) is 1.69. The van der Waals surface area contributed by atoms with Crippen molar-refractivity contribution in [2.45, 2.75) is 5.33 Å². The standard InChI is InChI=1S/C15H11BrFNO2/c1-19-15-6-10(9-18)2-4-14(15)20-13-5-3-12(17)7-11(13)8-16/h2-7H,8H2,1H3. The van der Waals surface area contributed by atoms with Crippen LogP contribution < -0.4 is 9.47 Å². The highest BCUT2D eigenvalue weighted by Gasteiger charge is 2.10. The van der Waals surface area contributed by atoms with Crippen LogP contribution in [0.1, 0.15) is 11.1 Å². The molecule has 0 heterocycles. The van der Waals surface area contributed by atoms with Crippen molar-refractivity contribution in [2.24, 2.45) is 0 Å². The molecule has 2 aromatic rings. The molecular weight excluding hydrogens is 325 g/mol. The van der Waals surface area contributed by atoms with Gasteiger partial charge in [0.15, 0.2) is 11.5 Å². The minimum atomic E-state index is -0.321. The van der Waals surface area contributed by atoms with Crippen molar-refractivity contribution < 1.29 is 13.9 Å². The zero-order valence-corrected chi connectivity index (χ0v) is 12.3. The minimum absolute atomic E-state index is 0.321. The lowest BCUT2D eigenvalue weighted by molar-refractivity contribution is 0.377. The summed E-state index contributed by atoms with van der Waals surface area (Å²) in [5.41, 5.74) is 1.17. The summed E-state index contributed by atoms with van der Waals surface area (Å²) >= 11 is 3.29. The average molecular weight is 336 g/mol. The molecule has 0 unspecified atom stereocenters. The Hall–Kier alpha value is -2.06. The zero-order chi connectivity index (χ0) is 14.5. The number of nitriles is 1. The van der Waals surface area contributed by atoms with Crippen LogP contribution >= 0.6 is 15.9 Å². The van der Waals surface area contributed by atoms with Gasteiger partial charge in [-0.2, -0.15) is 5.26 Å². The maximum atomic E-state index is 13.2. The fraction of sp³-hybridized carbons (Fsp3) is 0.133. The molecule has 0 aliphatic heterocycles. The summed E-state index contributed by atoms with van der Waals surface area (Å²) < 4.78 is 24.1. The number of halogens is 2. The molecule has 5 heteroatoms. The van der Waals surface area contributed by atoms with E-state index in [2.05, 4.69) is 15.9 Å². The van der Waals surface area contributed by atoms with Gasteiger partial charge in [-0.15, -0.1) is 0 Å². The summed E-state index contributed by atoms with van der Waals surface area (Å²) in [6, 6.07) is 11.2. The highest BCUT2D eigenvalue weighted by molar-refractivity contribution is 9.08. The molecule has 2 rings (SSSR count). The van der Waals surface area contributed by atoms with E-state index in [-0.39, 0.29) is 5.82 Å². The predicted octanol–water partition coefficient (Wildman–Crippen LogP) is 4.39. The lowest BCUT2D eigenvalue weighted by Gasteiger charge is -2.13. The molecule has 2 aromatic carbocycles. The topological polar surface area (TPSA) is 42.2 Å². The highest BCUT2D eigenvalue weighted by Crippen LogP contribution is 2.34. The summed E-state index contributed by atoms with van der Waals surface area (Å²) in [4.78, 5) is 0. The summed E-state index contributed by atoms with van der Waals surface area (Å²) in [5, 5.41) is 9.33. The molecule has 0 bridgehead atoms. The second-order valence-electron chi connectivity index (χ2n) is 3.97. The van der Waals surface area contributed by atoms with Crippen LogP contribution in [0.5, 0.6) is 17.2 Å². The van der Waals surface area contributed by atoms with Crippen LogP contribution in [-0.4, -0.2) is 7.11 Å². The van der Waals surface area contributed by atoms with Crippen LogP contribution in [0, 0.1) is 17.1 Å². The largest absolute Gasteiger partial charge is 0.493 e. The van der Waals surface area contributed by atoms with Crippen molar-refractivity contribution in [1.82, 2.24) is 0 Å². The number of hydrogen-bond donors (Lipinski definition) is 0. The Balaban J connectivity index is 2.37. The number of benzene rings is 2. The third-order valence-corrected chi connectivity index (χ3v) is 3.28. The van der Waals surface area contributed by atoms with E-state index in [1.54, 1.807) is 24.3 Å². The number of hydrogen-bond acceptors (Lipinski definition) is 3. The van der Waals surface area contributed by atoms with Crippen LogP contribution in [0.2, 0.25) is 0 Å². The normalized spacial score (nSPS) is 9.90. The summed E-state index contributed by atoms with van der Waals surface area (Å²) in [7, 11) is 1.50. The lowest BCUT2D eigenvalue weighted by atomic mass is 10.2. The van der Waals surface area contributed by atoms with Gasteiger partial charge in [0.1, 0.15) is 11.6 Å². The molecule has 0 saturated heterocycles. The van der Waals surface area contributed by atoms with Crippen molar-refractivity contribution in [3.63, 3.8) is 0 Å². The van der Waals surface area contributed by atoms with Crippen molar-refractivity contribution in [3.05, 3.63) is 53.3 Å². The van der Waals surface area contributed by atoms with Crippen LogP contribution in [0.3, 0.4) is 0 Å². The molecule has 0 aromatic heterocycles. The number of alkyl halides is 1. The van der Waals surface area contributed by atoms with Gasteiger partial charge in [0, 0.05) is 17.0 Å². The Morgan fingerprint density at radius 1 is 1.15 bits per heavy atom. The van der Waals surface area contributed by atoms with Gasteiger partial charge in [-0.1, -0.05) is 15.9 Å². The maximum absolute atomic E-state index is 13.2. The average Bonchev–Trinajstić information content (AvgIpc) is 2.49. The Morgan fingerprint density at radius 2 is 1.90 bits per heavy atom. The van der Waals surface area contributed by atoms with Crippen molar-refractivity contribution >= 4 is 15.9 Å². The zero-order valence-electron chi connectivity index (χ0n) is 10.7. The molecule has 0 aliphatic rings. The Bertz CT molecular complexity index is 667. The van der Waals surface area contributed by atoms with E-state index in [1.807, 2.05) is 6.07 Å². The van der Waals surface area contributed by atoms with E-state index in [0.717, 1.165) is 0 Å². The van der Waals surface area contributed by atoms with Gasteiger partial charge in [-0.3, -0.25) is 0 Å². The van der Waals surface area contributed by atoms with Crippen LogP contribution in [0.15, 0.2) is 36.4 Å². The molecule has 0 saturated carbocycles.